The molecule has 1 saturated heterocycles. The van der Waals surface area contributed by atoms with E-state index in [9.17, 15) is 22.8 Å². The number of rotatable bonds is 6. The molecule has 1 aliphatic rings. The fourth-order valence-corrected chi connectivity index (χ4v) is 3.91. The molecule has 8 heteroatoms. The first kappa shape index (κ1) is 22.8. The zero-order chi connectivity index (χ0) is 22.5. The van der Waals surface area contributed by atoms with Crippen molar-refractivity contribution in [3.63, 3.8) is 0 Å². The molecular formula is C23H25F3N2O3. The second-order valence-electron chi connectivity index (χ2n) is 7.57. The molecule has 2 aromatic carbocycles. The number of carbonyl (C=O) groups excluding carboxylic acids is 2. The number of likely N-dealkylation sites (tertiary alicyclic amines) is 1. The maximum atomic E-state index is 12.9. The summed E-state index contributed by atoms with van der Waals surface area (Å²) >= 11 is 0. The van der Waals surface area contributed by atoms with Crippen LogP contribution in [0.3, 0.4) is 0 Å². The third-order valence-corrected chi connectivity index (χ3v) is 5.54. The number of alkyl halides is 3. The highest BCUT2D eigenvalue weighted by Crippen LogP contribution is 2.37. The van der Waals surface area contributed by atoms with E-state index in [1.165, 1.54) is 12.1 Å². The molecule has 1 amide bonds. The van der Waals surface area contributed by atoms with Crippen LogP contribution in [0, 0.1) is 0 Å². The molecule has 0 saturated carbocycles. The molecule has 0 aromatic heterocycles. The lowest BCUT2D eigenvalue weighted by Crippen LogP contribution is -2.49. The first-order chi connectivity index (χ1) is 14.7. The van der Waals surface area contributed by atoms with E-state index in [1.54, 1.807) is 6.92 Å². The Morgan fingerprint density at radius 1 is 1.06 bits per heavy atom. The van der Waals surface area contributed by atoms with E-state index < -0.39 is 23.1 Å². The van der Waals surface area contributed by atoms with Crippen molar-refractivity contribution in [3.05, 3.63) is 65.7 Å². The standard InChI is InChI=1S/C23H25F3N2O3/c1-2-31-21(30)22(17-7-4-3-5-8-17)11-13-28(14-12-22)16-20(29)27-19-10-6-9-18(15-19)23(24,25)26/h3-10,15H,2,11-14,16H2,1H3,(H,27,29). The lowest BCUT2D eigenvalue weighted by atomic mass is 9.72. The van der Waals surface area contributed by atoms with Crippen molar-refractivity contribution in [1.29, 1.82) is 0 Å². The number of halogens is 3. The highest BCUT2D eigenvalue weighted by molar-refractivity contribution is 5.92. The van der Waals surface area contributed by atoms with Gasteiger partial charge in [0.2, 0.25) is 5.91 Å². The highest BCUT2D eigenvalue weighted by Gasteiger charge is 2.44. The van der Waals surface area contributed by atoms with Gasteiger partial charge < -0.3 is 10.1 Å². The summed E-state index contributed by atoms with van der Waals surface area (Å²) in [6.45, 7) is 3.07. The number of carbonyl (C=O) groups is 2. The largest absolute Gasteiger partial charge is 0.465 e. The number of hydrogen-bond acceptors (Lipinski definition) is 4. The van der Waals surface area contributed by atoms with Crippen molar-refractivity contribution in [1.82, 2.24) is 4.90 Å². The number of hydrogen-bond donors (Lipinski definition) is 1. The third-order valence-electron chi connectivity index (χ3n) is 5.54. The number of piperidine rings is 1. The van der Waals surface area contributed by atoms with E-state index in [4.69, 9.17) is 4.74 Å². The smallest absolute Gasteiger partial charge is 0.416 e. The van der Waals surface area contributed by atoms with Gasteiger partial charge in [-0.2, -0.15) is 13.2 Å². The Kier molecular flexibility index (Phi) is 7.00. The molecule has 2 aromatic rings. The Morgan fingerprint density at radius 2 is 1.74 bits per heavy atom. The van der Waals surface area contributed by atoms with Crippen molar-refractivity contribution < 1.29 is 27.5 Å². The SMILES string of the molecule is CCOC(=O)C1(c2ccccc2)CCN(CC(=O)Nc2cccc(C(F)(F)F)c2)CC1. The minimum Gasteiger partial charge on any atom is -0.465 e. The van der Waals surface area contributed by atoms with Crippen molar-refractivity contribution in [2.24, 2.45) is 0 Å². The van der Waals surface area contributed by atoms with Crippen molar-refractivity contribution >= 4 is 17.6 Å². The molecule has 1 fully saturated rings. The van der Waals surface area contributed by atoms with Gasteiger partial charge in [-0.1, -0.05) is 36.4 Å². The minimum absolute atomic E-state index is 0.0317. The number of nitrogens with zero attached hydrogens (tertiary/aromatic N) is 1. The summed E-state index contributed by atoms with van der Waals surface area (Å²) in [5.74, 6) is -0.670. The molecule has 0 radical (unpaired) electrons. The minimum atomic E-state index is -4.47. The molecule has 0 atom stereocenters. The monoisotopic (exact) mass is 434 g/mol. The van der Waals surface area contributed by atoms with Gasteiger partial charge in [0.15, 0.2) is 0 Å². The lowest BCUT2D eigenvalue weighted by molar-refractivity contribution is -0.152. The molecule has 5 nitrogen and oxygen atoms in total. The molecule has 0 aliphatic carbocycles. The number of nitrogens with one attached hydrogen (secondary N) is 1. The van der Waals surface area contributed by atoms with Crippen LogP contribution in [0.25, 0.3) is 0 Å². The fourth-order valence-electron chi connectivity index (χ4n) is 3.91. The topological polar surface area (TPSA) is 58.6 Å². The van der Waals surface area contributed by atoms with Gasteiger partial charge in [-0.3, -0.25) is 14.5 Å². The molecule has 3 rings (SSSR count). The molecule has 31 heavy (non-hydrogen) atoms. The normalized spacial score (nSPS) is 16.5. The van der Waals surface area contributed by atoms with E-state index in [0.29, 0.717) is 25.9 Å². The van der Waals surface area contributed by atoms with Crippen LogP contribution < -0.4 is 5.32 Å². The predicted octanol–water partition coefficient (Wildman–Crippen LogP) is 4.24. The summed E-state index contributed by atoms with van der Waals surface area (Å²) in [5, 5.41) is 2.52. The molecule has 1 heterocycles. The molecular weight excluding hydrogens is 409 g/mol. The summed E-state index contributed by atoms with van der Waals surface area (Å²) in [6, 6.07) is 14.0. The van der Waals surface area contributed by atoms with Crippen molar-refractivity contribution in [2.45, 2.75) is 31.4 Å². The Morgan fingerprint density at radius 3 is 2.35 bits per heavy atom. The van der Waals surface area contributed by atoms with Crippen LogP contribution in [0.5, 0.6) is 0 Å². The number of amides is 1. The number of benzene rings is 2. The van der Waals surface area contributed by atoms with Gasteiger partial charge in [-0.05, 0) is 43.5 Å². The number of anilines is 1. The second-order valence-corrected chi connectivity index (χ2v) is 7.57. The highest BCUT2D eigenvalue weighted by atomic mass is 19.4. The van der Waals surface area contributed by atoms with Gasteiger partial charge in [0.05, 0.1) is 24.1 Å². The van der Waals surface area contributed by atoms with Crippen LogP contribution in [0.1, 0.15) is 30.9 Å². The van der Waals surface area contributed by atoms with Gasteiger partial charge in [0.25, 0.3) is 0 Å². The molecule has 1 aliphatic heterocycles. The van der Waals surface area contributed by atoms with Crippen molar-refractivity contribution in [2.75, 3.05) is 31.6 Å². The number of ether oxygens (including phenoxy) is 1. The first-order valence-electron chi connectivity index (χ1n) is 10.2. The van der Waals surface area contributed by atoms with Gasteiger partial charge in [-0.25, -0.2) is 0 Å². The van der Waals surface area contributed by atoms with Gasteiger partial charge in [0.1, 0.15) is 0 Å². The Labute approximate surface area is 179 Å². The van der Waals surface area contributed by atoms with E-state index in [2.05, 4.69) is 5.32 Å². The average molecular weight is 434 g/mol. The maximum absolute atomic E-state index is 12.9. The van der Waals surface area contributed by atoms with Gasteiger partial charge in [0, 0.05) is 18.8 Å². The van der Waals surface area contributed by atoms with Crippen LogP contribution in [0.2, 0.25) is 0 Å². The first-order valence-corrected chi connectivity index (χ1v) is 10.2. The summed E-state index contributed by atoms with van der Waals surface area (Å²) in [6.07, 6.45) is -3.49. The number of esters is 1. The van der Waals surface area contributed by atoms with Crippen LogP contribution >= 0.6 is 0 Å². The summed E-state index contributed by atoms with van der Waals surface area (Å²) in [7, 11) is 0. The van der Waals surface area contributed by atoms with Gasteiger partial charge >= 0.3 is 12.1 Å². The molecule has 166 valence electrons. The Balaban J connectivity index is 1.63. The third kappa shape index (κ3) is 5.44. The molecule has 0 unspecified atom stereocenters. The Hall–Kier alpha value is -2.87. The molecule has 1 N–H and O–H groups in total. The van der Waals surface area contributed by atoms with E-state index >= 15 is 0 Å². The van der Waals surface area contributed by atoms with E-state index in [0.717, 1.165) is 17.7 Å². The van der Waals surface area contributed by atoms with Crippen LogP contribution in [0.15, 0.2) is 54.6 Å². The van der Waals surface area contributed by atoms with Crippen LogP contribution in [-0.2, 0) is 25.9 Å². The summed E-state index contributed by atoms with van der Waals surface area (Å²) < 4.78 is 43.9. The zero-order valence-electron chi connectivity index (χ0n) is 17.2. The van der Waals surface area contributed by atoms with E-state index in [1.807, 2.05) is 35.2 Å². The fraction of sp³-hybridized carbons (Fsp3) is 0.391. The Bertz CT molecular complexity index is 908. The lowest BCUT2D eigenvalue weighted by Gasteiger charge is -2.40. The summed E-state index contributed by atoms with van der Waals surface area (Å²) in [4.78, 5) is 27.1. The van der Waals surface area contributed by atoms with Crippen LogP contribution in [-0.4, -0.2) is 43.0 Å². The van der Waals surface area contributed by atoms with E-state index in [-0.39, 0.29) is 24.8 Å². The van der Waals surface area contributed by atoms with Crippen LogP contribution in [0.4, 0.5) is 18.9 Å². The van der Waals surface area contributed by atoms with Gasteiger partial charge in [-0.15, -0.1) is 0 Å². The van der Waals surface area contributed by atoms with Crippen molar-refractivity contribution in [3.8, 4) is 0 Å². The second kappa shape index (κ2) is 9.51. The predicted molar refractivity (Wildman–Crippen MR) is 111 cm³/mol. The maximum Gasteiger partial charge on any atom is 0.416 e. The zero-order valence-corrected chi connectivity index (χ0v) is 17.2. The molecule has 0 spiro atoms. The average Bonchev–Trinajstić information content (AvgIpc) is 2.75. The summed E-state index contributed by atoms with van der Waals surface area (Å²) in [5.41, 5.74) is -0.584. The molecule has 0 bridgehead atoms. The quantitative estimate of drug-likeness (QED) is 0.691.